The zero-order chi connectivity index (χ0) is 8.39. The van der Waals surface area contributed by atoms with Crippen molar-refractivity contribution in [2.75, 3.05) is 11.4 Å². The third-order valence-corrected chi connectivity index (χ3v) is 2.32. The van der Waals surface area contributed by atoms with Crippen LogP contribution in [0.4, 0.5) is 5.95 Å². The Kier molecular flexibility index (Phi) is 1.94. The molecule has 3 nitrogen and oxygen atoms in total. The molecule has 1 aliphatic heterocycles. The van der Waals surface area contributed by atoms with Crippen molar-refractivity contribution in [2.45, 2.75) is 25.8 Å². The first-order valence-electron chi connectivity index (χ1n) is 4.32. The fourth-order valence-electron chi connectivity index (χ4n) is 1.64. The fourth-order valence-corrected chi connectivity index (χ4v) is 1.64. The van der Waals surface area contributed by atoms with Gasteiger partial charge in [-0.1, -0.05) is 0 Å². The van der Waals surface area contributed by atoms with E-state index in [1.807, 2.05) is 0 Å². The van der Waals surface area contributed by atoms with Gasteiger partial charge in [-0.15, -0.1) is 0 Å². The molecule has 0 aliphatic carbocycles. The number of hydrogen-bond acceptors (Lipinski definition) is 3. The van der Waals surface area contributed by atoms with E-state index in [0.29, 0.717) is 6.04 Å². The van der Waals surface area contributed by atoms with Gasteiger partial charge in [0.15, 0.2) is 0 Å². The lowest BCUT2D eigenvalue weighted by Crippen LogP contribution is -2.27. The van der Waals surface area contributed by atoms with Crippen LogP contribution >= 0.6 is 0 Å². The summed E-state index contributed by atoms with van der Waals surface area (Å²) in [5, 5.41) is 0. The summed E-state index contributed by atoms with van der Waals surface area (Å²) in [6, 6.07) is 3.41. The summed E-state index contributed by atoms with van der Waals surface area (Å²) < 4.78 is 0. The highest BCUT2D eigenvalue weighted by atomic mass is 15.3. The van der Waals surface area contributed by atoms with Gasteiger partial charge in [0.25, 0.3) is 0 Å². The molecule has 1 aromatic heterocycles. The number of aromatic nitrogens is 2. The molecule has 1 radical (unpaired) electrons. The van der Waals surface area contributed by atoms with Gasteiger partial charge < -0.3 is 4.90 Å². The largest absolute Gasteiger partial charge is 0.338 e. The van der Waals surface area contributed by atoms with Crippen LogP contribution in [0.1, 0.15) is 19.8 Å². The topological polar surface area (TPSA) is 29.0 Å². The molecule has 3 heteroatoms. The second-order valence-electron chi connectivity index (χ2n) is 3.17. The highest BCUT2D eigenvalue weighted by molar-refractivity contribution is 5.31. The minimum Gasteiger partial charge on any atom is -0.338 e. The van der Waals surface area contributed by atoms with E-state index in [0.717, 1.165) is 12.5 Å². The van der Waals surface area contributed by atoms with Crippen LogP contribution in [0.2, 0.25) is 0 Å². The Morgan fingerprint density at radius 3 is 2.83 bits per heavy atom. The molecule has 2 rings (SSSR count). The number of hydrogen-bond donors (Lipinski definition) is 0. The Labute approximate surface area is 72.4 Å². The van der Waals surface area contributed by atoms with Crippen LogP contribution in [-0.4, -0.2) is 22.6 Å². The van der Waals surface area contributed by atoms with Gasteiger partial charge in [0.2, 0.25) is 5.95 Å². The van der Waals surface area contributed by atoms with E-state index in [1.54, 1.807) is 12.4 Å². The number of anilines is 1. The standard InChI is InChI=1S/C9H12N3/c1-8-4-2-7-12(8)9-10-5-3-6-11-9/h5-6,8H,2,4,7H2,1H3. The molecule has 2 heterocycles. The summed E-state index contributed by atoms with van der Waals surface area (Å²) in [6.07, 6.45) is 5.85. The van der Waals surface area contributed by atoms with Crippen molar-refractivity contribution < 1.29 is 0 Å². The van der Waals surface area contributed by atoms with Gasteiger partial charge in [0, 0.05) is 31.0 Å². The van der Waals surface area contributed by atoms with E-state index in [1.165, 1.54) is 12.8 Å². The average molecular weight is 162 g/mol. The van der Waals surface area contributed by atoms with Crippen LogP contribution in [0.25, 0.3) is 0 Å². The van der Waals surface area contributed by atoms with E-state index < -0.39 is 0 Å². The quantitative estimate of drug-likeness (QED) is 0.622. The molecular weight excluding hydrogens is 150 g/mol. The van der Waals surface area contributed by atoms with E-state index in [4.69, 9.17) is 0 Å². The zero-order valence-electron chi connectivity index (χ0n) is 7.20. The monoisotopic (exact) mass is 162 g/mol. The third-order valence-electron chi connectivity index (χ3n) is 2.32. The molecule has 1 atom stereocenters. The highest BCUT2D eigenvalue weighted by Gasteiger charge is 2.21. The van der Waals surface area contributed by atoms with Crippen molar-refractivity contribution in [3.8, 4) is 0 Å². The lowest BCUT2D eigenvalue weighted by Gasteiger charge is -2.20. The highest BCUT2D eigenvalue weighted by Crippen LogP contribution is 2.20. The summed E-state index contributed by atoms with van der Waals surface area (Å²) in [6.45, 7) is 3.30. The molecule has 1 saturated heterocycles. The zero-order valence-corrected chi connectivity index (χ0v) is 7.20. The van der Waals surface area contributed by atoms with Crippen LogP contribution in [-0.2, 0) is 0 Å². The second-order valence-corrected chi connectivity index (χ2v) is 3.17. The smallest absolute Gasteiger partial charge is 0.225 e. The maximum atomic E-state index is 4.17. The Morgan fingerprint density at radius 1 is 1.50 bits per heavy atom. The lowest BCUT2D eigenvalue weighted by molar-refractivity contribution is 0.717. The molecule has 1 fully saturated rings. The Bertz CT molecular complexity index is 247. The average Bonchev–Trinajstić information content (AvgIpc) is 2.53. The molecule has 0 N–H and O–H groups in total. The van der Waals surface area contributed by atoms with Crippen molar-refractivity contribution in [1.82, 2.24) is 9.97 Å². The van der Waals surface area contributed by atoms with Gasteiger partial charge in [-0.05, 0) is 19.8 Å². The number of rotatable bonds is 1. The summed E-state index contributed by atoms with van der Waals surface area (Å²) in [5.74, 6) is 0.846. The Hall–Kier alpha value is -1.12. The molecule has 0 bridgehead atoms. The summed E-state index contributed by atoms with van der Waals surface area (Å²) in [5.41, 5.74) is 0. The first-order valence-corrected chi connectivity index (χ1v) is 4.32. The van der Waals surface area contributed by atoms with E-state index in [-0.39, 0.29) is 0 Å². The summed E-state index contributed by atoms with van der Waals surface area (Å²) in [4.78, 5) is 10.6. The molecule has 0 amide bonds. The summed E-state index contributed by atoms with van der Waals surface area (Å²) in [7, 11) is 0. The molecule has 63 valence electrons. The van der Waals surface area contributed by atoms with Gasteiger partial charge in [0.05, 0.1) is 0 Å². The van der Waals surface area contributed by atoms with Crippen molar-refractivity contribution in [1.29, 1.82) is 0 Å². The minimum absolute atomic E-state index is 0.590. The van der Waals surface area contributed by atoms with Gasteiger partial charge in [-0.25, -0.2) is 9.97 Å². The van der Waals surface area contributed by atoms with Crippen molar-refractivity contribution in [2.24, 2.45) is 0 Å². The first kappa shape index (κ1) is 7.53. The Balaban J connectivity index is 2.19. The Morgan fingerprint density at radius 2 is 2.25 bits per heavy atom. The van der Waals surface area contributed by atoms with Gasteiger partial charge >= 0.3 is 0 Å². The molecule has 1 aliphatic rings. The molecule has 0 spiro atoms. The number of nitrogens with zero attached hydrogens (tertiary/aromatic N) is 3. The normalized spacial score (nSPS) is 23.1. The SMILES string of the molecule is CC1CCCN1c1nc[c]cn1. The van der Waals surface area contributed by atoms with Crippen LogP contribution in [0.5, 0.6) is 0 Å². The van der Waals surface area contributed by atoms with Crippen molar-refractivity contribution in [3.05, 3.63) is 18.5 Å². The fraction of sp³-hybridized carbons (Fsp3) is 0.556. The van der Waals surface area contributed by atoms with Crippen molar-refractivity contribution >= 4 is 5.95 Å². The molecular formula is C9H12N3. The predicted molar refractivity (Wildman–Crippen MR) is 46.9 cm³/mol. The molecule has 1 aromatic rings. The molecule has 0 aromatic carbocycles. The minimum atomic E-state index is 0.590. The van der Waals surface area contributed by atoms with Crippen LogP contribution in [0.15, 0.2) is 12.4 Å². The molecule has 1 unspecified atom stereocenters. The van der Waals surface area contributed by atoms with Crippen LogP contribution in [0, 0.1) is 6.07 Å². The lowest BCUT2D eigenvalue weighted by atomic mass is 10.2. The van der Waals surface area contributed by atoms with E-state index in [2.05, 4.69) is 27.9 Å². The maximum absolute atomic E-state index is 4.17. The first-order chi connectivity index (χ1) is 5.88. The van der Waals surface area contributed by atoms with Gasteiger partial charge in [-0.3, -0.25) is 0 Å². The maximum Gasteiger partial charge on any atom is 0.225 e. The third kappa shape index (κ3) is 1.26. The van der Waals surface area contributed by atoms with Crippen LogP contribution < -0.4 is 4.90 Å². The summed E-state index contributed by atoms with van der Waals surface area (Å²) >= 11 is 0. The molecule has 12 heavy (non-hydrogen) atoms. The predicted octanol–water partition coefficient (Wildman–Crippen LogP) is 1.27. The van der Waals surface area contributed by atoms with Crippen molar-refractivity contribution in [3.63, 3.8) is 0 Å². The van der Waals surface area contributed by atoms with Gasteiger partial charge in [-0.2, -0.15) is 0 Å². The van der Waals surface area contributed by atoms with Crippen LogP contribution in [0.3, 0.4) is 0 Å². The second kappa shape index (κ2) is 3.09. The molecule has 0 saturated carbocycles. The van der Waals surface area contributed by atoms with Gasteiger partial charge in [0.1, 0.15) is 0 Å². The van der Waals surface area contributed by atoms with E-state index in [9.17, 15) is 0 Å². The van der Waals surface area contributed by atoms with E-state index >= 15 is 0 Å².